The lowest BCUT2D eigenvalue weighted by Gasteiger charge is -2.17. The van der Waals surface area contributed by atoms with Gasteiger partial charge in [0.25, 0.3) is 0 Å². The molecule has 1 N–H and O–H groups in total. The Bertz CT molecular complexity index is 403. The summed E-state index contributed by atoms with van der Waals surface area (Å²) < 4.78 is 4.28. The van der Waals surface area contributed by atoms with Gasteiger partial charge in [0.15, 0.2) is 0 Å². The molecular formula is C10H11NO2S. The van der Waals surface area contributed by atoms with E-state index in [4.69, 9.17) is 5.11 Å². The number of benzene rings is 1. The first-order chi connectivity index (χ1) is 6.70. The number of carboxylic acids is 1. The van der Waals surface area contributed by atoms with Crippen LogP contribution in [0.5, 0.6) is 0 Å². The molecule has 0 bridgehead atoms. The first kappa shape index (κ1) is 9.27. The van der Waals surface area contributed by atoms with E-state index >= 15 is 0 Å². The van der Waals surface area contributed by atoms with Gasteiger partial charge >= 0.3 is 5.97 Å². The highest BCUT2D eigenvalue weighted by Crippen LogP contribution is 2.47. The van der Waals surface area contributed by atoms with Crippen molar-refractivity contribution >= 4 is 23.3 Å². The molecule has 3 nitrogen and oxygen atoms in total. The predicted molar refractivity (Wildman–Crippen MR) is 58.4 cm³/mol. The van der Waals surface area contributed by atoms with Gasteiger partial charge in [-0.1, -0.05) is 18.2 Å². The van der Waals surface area contributed by atoms with Gasteiger partial charge in [-0.05, 0) is 13.0 Å². The van der Waals surface area contributed by atoms with Crippen LogP contribution >= 0.6 is 11.1 Å². The van der Waals surface area contributed by atoms with Crippen LogP contribution in [0, 0.1) is 0 Å². The standard InChI is InChI=1S/C10H11NO2S/c1-7(10(12)13)14-9-5-3-2-4-8(9)6-11-14/h2-7,14H,1H3,(H,12,13). The van der Waals surface area contributed by atoms with E-state index in [1.54, 1.807) is 13.1 Å². The van der Waals surface area contributed by atoms with E-state index in [1.807, 2.05) is 24.3 Å². The van der Waals surface area contributed by atoms with E-state index < -0.39 is 22.3 Å². The molecule has 74 valence electrons. The third-order valence-electron chi connectivity index (χ3n) is 2.23. The summed E-state index contributed by atoms with van der Waals surface area (Å²) >= 11 is -0.892. The molecule has 0 amide bonds. The summed E-state index contributed by atoms with van der Waals surface area (Å²) in [6.45, 7) is 1.72. The van der Waals surface area contributed by atoms with Crippen molar-refractivity contribution in [3.8, 4) is 0 Å². The molecule has 2 atom stereocenters. The zero-order valence-corrected chi connectivity index (χ0v) is 8.61. The van der Waals surface area contributed by atoms with Crippen LogP contribution in [0.25, 0.3) is 0 Å². The molecule has 1 heterocycles. The maximum absolute atomic E-state index is 10.8. The Morgan fingerprint density at radius 2 is 2.21 bits per heavy atom. The summed E-state index contributed by atoms with van der Waals surface area (Å²) in [6.07, 6.45) is 1.78. The fraction of sp³-hybridized carbons (Fsp3) is 0.200. The van der Waals surface area contributed by atoms with Gasteiger partial charge < -0.3 is 5.11 Å². The number of carbonyl (C=O) groups is 1. The van der Waals surface area contributed by atoms with Crippen LogP contribution in [0.4, 0.5) is 0 Å². The number of fused-ring (bicyclic) bond motifs is 1. The van der Waals surface area contributed by atoms with Crippen LogP contribution in [0.2, 0.25) is 0 Å². The van der Waals surface area contributed by atoms with Gasteiger partial charge in [-0.2, -0.15) is 0 Å². The summed E-state index contributed by atoms with van der Waals surface area (Å²) in [5, 5.41) is 8.51. The molecular weight excluding hydrogens is 198 g/mol. The van der Waals surface area contributed by atoms with Crippen LogP contribution in [-0.4, -0.2) is 22.5 Å². The van der Waals surface area contributed by atoms with Crippen LogP contribution in [0.3, 0.4) is 0 Å². The average Bonchev–Trinajstić information content (AvgIpc) is 2.60. The van der Waals surface area contributed by atoms with Crippen LogP contribution in [0.1, 0.15) is 12.5 Å². The van der Waals surface area contributed by atoms with E-state index in [0.717, 1.165) is 10.5 Å². The molecule has 1 aromatic carbocycles. The van der Waals surface area contributed by atoms with Crippen molar-refractivity contribution in [3.05, 3.63) is 29.8 Å². The normalized spacial score (nSPS) is 23.1. The second-order valence-corrected chi connectivity index (χ2v) is 5.34. The van der Waals surface area contributed by atoms with Gasteiger partial charge in [-0.3, -0.25) is 4.79 Å². The molecule has 14 heavy (non-hydrogen) atoms. The summed E-state index contributed by atoms with van der Waals surface area (Å²) in [4.78, 5) is 11.9. The smallest absolute Gasteiger partial charge is 0.316 e. The second-order valence-electron chi connectivity index (χ2n) is 3.16. The molecule has 0 fully saturated rings. The largest absolute Gasteiger partial charge is 0.480 e. The Balaban J connectivity index is 2.35. The van der Waals surface area contributed by atoms with Crippen molar-refractivity contribution in [2.24, 2.45) is 4.40 Å². The third-order valence-corrected chi connectivity index (χ3v) is 4.45. The number of thiol groups is 1. The molecule has 0 aliphatic carbocycles. The SMILES string of the molecule is CC(C(=O)O)[SH]1N=Cc2ccccc21. The molecule has 2 rings (SSSR count). The predicted octanol–water partition coefficient (Wildman–Crippen LogP) is 1.87. The Kier molecular flexibility index (Phi) is 2.29. The average molecular weight is 209 g/mol. The number of hydrogen-bond donors (Lipinski definition) is 2. The van der Waals surface area contributed by atoms with Gasteiger partial charge in [-0.25, -0.2) is 4.40 Å². The molecule has 0 saturated heterocycles. The Hall–Kier alpha value is -1.29. The van der Waals surface area contributed by atoms with Crippen molar-refractivity contribution in [3.63, 3.8) is 0 Å². The number of nitrogens with zero attached hydrogens (tertiary/aromatic N) is 1. The molecule has 2 unspecified atom stereocenters. The Labute approximate surface area is 85.0 Å². The van der Waals surface area contributed by atoms with Crippen molar-refractivity contribution in [1.82, 2.24) is 0 Å². The van der Waals surface area contributed by atoms with Crippen molar-refractivity contribution in [2.45, 2.75) is 17.1 Å². The molecule has 0 radical (unpaired) electrons. The summed E-state index contributed by atoms with van der Waals surface area (Å²) in [7, 11) is 0. The minimum Gasteiger partial charge on any atom is -0.480 e. The molecule has 0 saturated carbocycles. The fourth-order valence-corrected chi connectivity index (χ4v) is 3.24. The molecule has 0 spiro atoms. The van der Waals surface area contributed by atoms with Gasteiger partial charge in [0.1, 0.15) is 5.25 Å². The number of aliphatic carboxylic acids is 1. The quantitative estimate of drug-likeness (QED) is 0.730. The monoisotopic (exact) mass is 209 g/mol. The van der Waals surface area contributed by atoms with E-state index in [0.29, 0.717) is 0 Å². The Morgan fingerprint density at radius 3 is 2.93 bits per heavy atom. The maximum Gasteiger partial charge on any atom is 0.316 e. The topological polar surface area (TPSA) is 49.7 Å². The zero-order chi connectivity index (χ0) is 10.1. The molecule has 4 heteroatoms. The number of carboxylic acid groups (broad SMARTS) is 1. The van der Waals surface area contributed by atoms with Gasteiger partial charge in [0.2, 0.25) is 0 Å². The van der Waals surface area contributed by atoms with E-state index in [2.05, 4.69) is 4.40 Å². The fourth-order valence-electron chi connectivity index (χ4n) is 1.41. The van der Waals surface area contributed by atoms with E-state index in [-0.39, 0.29) is 0 Å². The highest BCUT2D eigenvalue weighted by Gasteiger charge is 2.25. The lowest BCUT2D eigenvalue weighted by molar-refractivity contribution is -0.136. The second kappa shape index (κ2) is 3.46. The van der Waals surface area contributed by atoms with E-state index in [9.17, 15) is 4.79 Å². The Morgan fingerprint density at radius 1 is 1.50 bits per heavy atom. The number of rotatable bonds is 2. The lowest BCUT2D eigenvalue weighted by atomic mass is 10.2. The maximum atomic E-state index is 10.8. The van der Waals surface area contributed by atoms with Gasteiger partial charge in [-0.15, -0.1) is 11.1 Å². The molecule has 1 aliphatic heterocycles. The zero-order valence-electron chi connectivity index (χ0n) is 7.71. The van der Waals surface area contributed by atoms with Crippen molar-refractivity contribution in [2.75, 3.05) is 0 Å². The molecule has 0 aromatic heterocycles. The van der Waals surface area contributed by atoms with Crippen LogP contribution < -0.4 is 0 Å². The minimum absolute atomic E-state index is 0.398. The first-order valence-corrected chi connectivity index (χ1v) is 5.71. The lowest BCUT2D eigenvalue weighted by Crippen LogP contribution is -2.14. The van der Waals surface area contributed by atoms with E-state index in [1.165, 1.54) is 0 Å². The minimum atomic E-state index is -0.892. The number of hydrogen-bond acceptors (Lipinski definition) is 2. The first-order valence-electron chi connectivity index (χ1n) is 4.35. The van der Waals surface area contributed by atoms with Crippen molar-refractivity contribution in [1.29, 1.82) is 0 Å². The van der Waals surface area contributed by atoms with Gasteiger partial charge in [0, 0.05) is 16.7 Å². The van der Waals surface area contributed by atoms with Crippen LogP contribution in [0.15, 0.2) is 33.6 Å². The summed E-state index contributed by atoms with van der Waals surface area (Å²) in [5.41, 5.74) is 1.06. The summed E-state index contributed by atoms with van der Waals surface area (Å²) in [5.74, 6) is -0.773. The highest BCUT2D eigenvalue weighted by molar-refractivity contribution is 8.17. The summed E-state index contributed by atoms with van der Waals surface area (Å²) in [6, 6.07) is 7.80. The van der Waals surface area contributed by atoms with Crippen LogP contribution in [-0.2, 0) is 4.79 Å². The third kappa shape index (κ3) is 1.42. The molecule has 1 aliphatic rings. The van der Waals surface area contributed by atoms with Gasteiger partial charge in [0.05, 0.1) is 0 Å². The van der Waals surface area contributed by atoms with Crippen molar-refractivity contribution < 1.29 is 9.90 Å². The molecule has 1 aromatic rings. The highest BCUT2D eigenvalue weighted by atomic mass is 32.2.